The third kappa shape index (κ3) is 3.80. The highest BCUT2D eigenvalue weighted by Crippen LogP contribution is 2.32. The molecule has 1 N–H and O–H groups in total. The summed E-state index contributed by atoms with van der Waals surface area (Å²) >= 11 is 5.94. The Labute approximate surface area is 103 Å². The van der Waals surface area contributed by atoms with Crippen molar-refractivity contribution in [3.8, 4) is 0 Å². The molecule has 1 atom stereocenters. The normalized spacial score (nSPS) is 17.4. The molecule has 1 aliphatic carbocycles. The summed E-state index contributed by atoms with van der Waals surface area (Å²) in [6.45, 7) is 3.42. The van der Waals surface area contributed by atoms with Gasteiger partial charge in [-0.25, -0.2) is 0 Å². The number of halogens is 1. The number of aryl methyl sites for hydroxylation is 1. The maximum absolute atomic E-state index is 5.94. The van der Waals surface area contributed by atoms with E-state index in [1.807, 2.05) is 12.1 Å². The number of hydrogen-bond donors (Lipinski definition) is 1. The molecule has 1 aliphatic rings. The van der Waals surface area contributed by atoms with Crippen LogP contribution in [0, 0.1) is 5.92 Å². The van der Waals surface area contributed by atoms with Crippen LogP contribution in [0.5, 0.6) is 0 Å². The fourth-order valence-electron chi connectivity index (χ4n) is 2.08. The van der Waals surface area contributed by atoms with Crippen molar-refractivity contribution in [1.82, 2.24) is 5.32 Å². The summed E-state index contributed by atoms with van der Waals surface area (Å²) in [6.07, 6.45) is 5.15. The summed E-state index contributed by atoms with van der Waals surface area (Å²) in [5.74, 6) is 0.950. The van der Waals surface area contributed by atoms with Crippen molar-refractivity contribution in [2.75, 3.05) is 6.54 Å². The van der Waals surface area contributed by atoms with Gasteiger partial charge in [0.15, 0.2) is 0 Å². The zero-order valence-corrected chi connectivity index (χ0v) is 10.6. The Morgan fingerprint density at radius 1 is 1.44 bits per heavy atom. The Bertz CT molecular complexity index is 333. The van der Waals surface area contributed by atoms with E-state index in [1.165, 1.54) is 24.8 Å². The van der Waals surface area contributed by atoms with Crippen molar-refractivity contribution in [3.05, 3.63) is 34.9 Å². The molecule has 1 saturated carbocycles. The predicted molar refractivity (Wildman–Crippen MR) is 70.0 cm³/mol. The molecule has 1 unspecified atom stereocenters. The first kappa shape index (κ1) is 11.9. The molecule has 0 aliphatic heterocycles. The lowest BCUT2D eigenvalue weighted by Gasteiger charge is -2.12. The molecule has 0 amide bonds. The van der Waals surface area contributed by atoms with E-state index in [1.54, 1.807) is 0 Å². The van der Waals surface area contributed by atoms with Crippen molar-refractivity contribution >= 4 is 11.6 Å². The van der Waals surface area contributed by atoms with Crippen molar-refractivity contribution in [1.29, 1.82) is 0 Å². The highest BCUT2D eigenvalue weighted by atomic mass is 35.5. The van der Waals surface area contributed by atoms with Crippen LogP contribution in [0.4, 0.5) is 0 Å². The molecule has 0 saturated heterocycles. The van der Waals surface area contributed by atoms with Crippen LogP contribution in [0.1, 0.15) is 31.7 Å². The van der Waals surface area contributed by atoms with Gasteiger partial charge in [-0.05, 0) is 62.8 Å². The van der Waals surface area contributed by atoms with Crippen LogP contribution in [0.25, 0.3) is 0 Å². The first-order chi connectivity index (χ1) is 7.75. The molecule has 1 aromatic rings. The zero-order chi connectivity index (χ0) is 11.4. The lowest BCUT2D eigenvalue weighted by atomic mass is 10.1. The van der Waals surface area contributed by atoms with Crippen molar-refractivity contribution < 1.29 is 0 Å². The fourth-order valence-corrected chi connectivity index (χ4v) is 2.29. The van der Waals surface area contributed by atoms with E-state index in [-0.39, 0.29) is 0 Å². The third-order valence-electron chi connectivity index (χ3n) is 3.33. The lowest BCUT2D eigenvalue weighted by Crippen LogP contribution is -2.28. The van der Waals surface area contributed by atoms with Gasteiger partial charge in [0.25, 0.3) is 0 Å². The van der Waals surface area contributed by atoms with Crippen LogP contribution in [0.15, 0.2) is 24.3 Å². The summed E-state index contributed by atoms with van der Waals surface area (Å²) in [7, 11) is 0. The van der Waals surface area contributed by atoms with Gasteiger partial charge in [0.2, 0.25) is 0 Å². The minimum absolute atomic E-state index is 0.708. The Morgan fingerprint density at radius 3 is 2.94 bits per heavy atom. The van der Waals surface area contributed by atoms with E-state index in [0.29, 0.717) is 6.04 Å². The molecule has 0 aromatic heterocycles. The van der Waals surface area contributed by atoms with Gasteiger partial charge >= 0.3 is 0 Å². The van der Waals surface area contributed by atoms with Gasteiger partial charge in [0.1, 0.15) is 0 Å². The smallest absolute Gasteiger partial charge is 0.0408 e. The number of rotatable bonds is 6. The van der Waals surface area contributed by atoms with Gasteiger partial charge < -0.3 is 5.32 Å². The average Bonchev–Trinajstić information content (AvgIpc) is 3.08. The van der Waals surface area contributed by atoms with E-state index in [4.69, 9.17) is 11.6 Å². The topological polar surface area (TPSA) is 12.0 Å². The maximum atomic E-state index is 5.94. The minimum Gasteiger partial charge on any atom is -0.314 e. The average molecular weight is 238 g/mol. The molecule has 0 bridgehead atoms. The Hall–Kier alpha value is -0.530. The fraction of sp³-hybridized carbons (Fsp3) is 0.571. The van der Waals surface area contributed by atoms with Gasteiger partial charge in [-0.2, -0.15) is 0 Å². The van der Waals surface area contributed by atoms with Crippen LogP contribution < -0.4 is 5.32 Å². The summed E-state index contributed by atoms with van der Waals surface area (Å²) < 4.78 is 0. The lowest BCUT2D eigenvalue weighted by molar-refractivity contribution is 0.490. The molecule has 1 aromatic carbocycles. The second-order valence-corrected chi connectivity index (χ2v) is 5.25. The molecular weight excluding hydrogens is 218 g/mol. The highest BCUT2D eigenvalue weighted by Gasteiger charge is 2.26. The molecule has 2 rings (SSSR count). The SMILES string of the molecule is CC(NCCCc1cccc(Cl)c1)C1CC1. The summed E-state index contributed by atoms with van der Waals surface area (Å²) in [4.78, 5) is 0. The first-order valence-corrected chi connectivity index (χ1v) is 6.61. The van der Waals surface area contributed by atoms with E-state index in [0.717, 1.165) is 23.9 Å². The second kappa shape index (κ2) is 5.70. The Morgan fingerprint density at radius 2 is 2.25 bits per heavy atom. The van der Waals surface area contributed by atoms with Crippen molar-refractivity contribution in [2.45, 2.75) is 38.6 Å². The van der Waals surface area contributed by atoms with Crippen molar-refractivity contribution in [3.63, 3.8) is 0 Å². The summed E-state index contributed by atoms with van der Waals surface area (Å²) in [6, 6.07) is 8.87. The van der Waals surface area contributed by atoms with Crippen LogP contribution in [0.3, 0.4) is 0 Å². The Kier molecular flexibility index (Phi) is 4.25. The predicted octanol–water partition coefficient (Wildman–Crippen LogP) is 3.66. The molecule has 2 heteroatoms. The van der Waals surface area contributed by atoms with E-state index in [9.17, 15) is 0 Å². The van der Waals surface area contributed by atoms with Crippen LogP contribution in [0.2, 0.25) is 5.02 Å². The van der Waals surface area contributed by atoms with E-state index >= 15 is 0 Å². The maximum Gasteiger partial charge on any atom is 0.0408 e. The third-order valence-corrected chi connectivity index (χ3v) is 3.56. The highest BCUT2D eigenvalue weighted by molar-refractivity contribution is 6.30. The van der Waals surface area contributed by atoms with Gasteiger partial charge in [0.05, 0.1) is 0 Å². The molecule has 16 heavy (non-hydrogen) atoms. The van der Waals surface area contributed by atoms with E-state index < -0.39 is 0 Å². The van der Waals surface area contributed by atoms with Gasteiger partial charge in [-0.15, -0.1) is 0 Å². The Balaban J connectivity index is 1.63. The first-order valence-electron chi connectivity index (χ1n) is 6.23. The van der Waals surface area contributed by atoms with Gasteiger partial charge in [0, 0.05) is 11.1 Å². The monoisotopic (exact) mass is 237 g/mol. The molecule has 1 fully saturated rings. The molecule has 88 valence electrons. The summed E-state index contributed by atoms with van der Waals surface area (Å²) in [5, 5.41) is 4.44. The standard InChI is InChI=1S/C14H20ClN/c1-11(13-7-8-13)16-9-3-5-12-4-2-6-14(15)10-12/h2,4,6,10-11,13,16H,3,5,7-9H2,1H3. The molecule has 0 heterocycles. The number of benzene rings is 1. The minimum atomic E-state index is 0.708. The van der Waals surface area contributed by atoms with Crippen molar-refractivity contribution in [2.24, 2.45) is 5.92 Å². The number of hydrogen-bond acceptors (Lipinski definition) is 1. The quantitative estimate of drug-likeness (QED) is 0.745. The molecule has 0 radical (unpaired) electrons. The van der Waals surface area contributed by atoms with Gasteiger partial charge in [-0.3, -0.25) is 0 Å². The molecular formula is C14H20ClN. The van der Waals surface area contributed by atoms with Gasteiger partial charge in [-0.1, -0.05) is 23.7 Å². The van der Waals surface area contributed by atoms with Crippen LogP contribution >= 0.6 is 11.6 Å². The van der Waals surface area contributed by atoms with Crippen LogP contribution in [-0.4, -0.2) is 12.6 Å². The van der Waals surface area contributed by atoms with E-state index in [2.05, 4.69) is 24.4 Å². The zero-order valence-electron chi connectivity index (χ0n) is 9.88. The second-order valence-electron chi connectivity index (χ2n) is 4.81. The molecule has 0 spiro atoms. The number of nitrogens with one attached hydrogen (secondary N) is 1. The van der Waals surface area contributed by atoms with Crippen LogP contribution in [-0.2, 0) is 6.42 Å². The summed E-state index contributed by atoms with van der Waals surface area (Å²) in [5.41, 5.74) is 1.34. The molecule has 1 nitrogen and oxygen atoms in total. The largest absolute Gasteiger partial charge is 0.314 e.